The number of aromatic nitrogens is 2. The summed E-state index contributed by atoms with van der Waals surface area (Å²) in [6.07, 6.45) is 3.54. The molecule has 1 heterocycles. The molecule has 86 valence electrons. The molecule has 0 saturated heterocycles. The third-order valence-electron chi connectivity index (χ3n) is 2.66. The monoisotopic (exact) mass is 223 g/mol. The van der Waals surface area contributed by atoms with Crippen molar-refractivity contribution in [1.29, 1.82) is 0 Å². The Hall–Kier alpha value is -1.85. The molecule has 1 saturated carbocycles. The highest BCUT2D eigenvalue weighted by atomic mass is 16.5. The second-order valence-electron chi connectivity index (χ2n) is 3.85. The number of nitrogens with zero attached hydrogens (tertiary/aromatic N) is 2. The van der Waals surface area contributed by atoms with E-state index < -0.39 is 11.9 Å². The van der Waals surface area contributed by atoms with Crippen LogP contribution in [-0.2, 0) is 9.53 Å². The molecule has 2 rings (SSSR count). The molecule has 1 amide bonds. The molecule has 1 atom stereocenters. The maximum Gasteiger partial charge on any atom is 0.330 e. The Labute approximate surface area is 92.4 Å². The number of carbonyl (C=O) groups excluding carboxylic acids is 2. The average Bonchev–Trinajstić information content (AvgIpc) is 2.95. The summed E-state index contributed by atoms with van der Waals surface area (Å²) in [5.74, 6) is -0.673. The van der Waals surface area contributed by atoms with Crippen molar-refractivity contribution in [2.75, 3.05) is 7.11 Å². The SMILES string of the molecule is COC(=O)C(C1CC1)n1ccc(C(N)=O)n1. The van der Waals surface area contributed by atoms with E-state index in [0.717, 1.165) is 12.8 Å². The van der Waals surface area contributed by atoms with Gasteiger partial charge in [-0.2, -0.15) is 5.10 Å². The predicted octanol–water partition coefficient (Wildman–Crippen LogP) is 0.106. The fourth-order valence-electron chi connectivity index (χ4n) is 1.67. The van der Waals surface area contributed by atoms with Crippen LogP contribution in [0.15, 0.2) is 12.3 Å². The van der Waals surface area contributed by atoms with E-state index in [2.05, 4.69) is 5.10 Å². The minimum Gasteiger partial charge on any atom is -0.467 e. The molecule has 1 aromatic heterocycles. The quantitative estimate of drug-likeness (QED) is 0.733. The van der Waals surface area contributed by atoms with Crippen LogP contribution in [0.1, 0.15) is 29.4 Å². The van der Waals surface area contributed by atoms with Gasteiger partial charge in [0.25, 0.3) is 5.91 Å². The van der Waals surface area contributed by atoms with Gasteiger partial charge < -0.3 is 10.5 Å². The number of methoxy groups -OCH3 is 1. The number of amides is 1. The van der Waals surface area contributed by atoms with Gasteiger partial charge in [0.2, 0.25) is 0 Å². The molecule has 0 bridgehead atoms. The predicted molar refractivity (Wildman–Crippen MR) is 54.5 cm³/mol. The van der Waals surface area contributed by atoms with E-state index in [1.54, 1.807) is 6.20 Å². The first-order valence-electron chi connectivity index (χ1n) is 5.06. The molecule has 6 nitrogen and oxygen atoms in total. The summed E-state index contributed by atoms with van der Waals surface area (Å²) in [4.78, 5) is 22.5. The molecular weight excluding hydrogens is 210 g/mol. The standard InChI is InChI=1S/C10H13N3O3/c1-16-10(15)8(6-2-3-6)13-5-4-7(12-13)9(11)14/h4-6,8H,2-3H2,1H3,(H2,11,14). The van der Waals surface area contributed by atoms with Crippen LogP contribution in [0.4, 0.5) is 0 Å². The Morgan fingerprint density at radius 3 is 2.75 bits per heavy atom. The van der Waals surface area contributed by atoms with E-state index in [-0.39, 0.29) is 17.6 Å². The first kappa shape index (κ1) is 10.7. The summed E-state index contributed by atoms with van der Waals surface area (Å²) in [5, 5.41) is 3.98. The van der Waals surface area contributed by atoms with Crippen LogP contribution in [0, 0.1) is 5.92 Å². The smallest absolute Gasteiger partial charge is 0.330 e. The van der Waals surface area contributed by atoms with Gasteiger partial charge in [-0.15, -0.1) is 0 Å². The largest absolute Gasteiger partial charge is 0.467 e. The number of hydrogen-bond acceptors (Lipinski definition) is 4. The summed E-state index contributed by atoms with van der Waals surface area (Å²) in [6, 6.07) is 1.07. The lowest BCUT2D eigenvalue weighted by Crippen LogP contribution is -2.24. The zero-order chi connectivity index (χ0) is 11.7. The number of nitrogens with two attached hydrogens (primary N) is 1. The van der Waals surface area contributed by atoms with Gasteiger partial charge >= 0.3 is 5.97 Å². The maximum absolute atomic E-state index is 11.6. The number of primary amides is 1. The fraction of sp³-hybridized carbons (Fsp3) is 0.500. The van der Waals surface area contributed by atoms with Crippen LogP contribution in [-0.4, -0.2) is 28.8 Å². The van der Waals surface area contributed by atoms with E-state index in [4.69, 9.17) is 10.5 Å². The van der Waals surface area contributed by atoms with Crippen LogP contribution in [0.2, 0.25) is 0 Å². The van der Waals surface area contributed by atoms with E-state index in [9.17, 15) is 9.59 Å². The van der Waals surface area contributed by atoms with Crippen molar-refractivity contribution in [2.24, 2.45) is 11.7 Å². The van der Waals surface area contributed by atoms with Gasteiger partial charge in [0.1, 0.15) is 5.69 Å². The molecule has 1 aliphatic carbocycles. The van der Waals surface area contributed by atoms with Gasteiger partial charge in [0.15, 0.2) is 6.04 Å². The molecule has 2 N–H and O–H groups in total. The number of esters is 1. The van der Waals surface area contributed by atoms with E-state index in [0.29, 0.717) is 0 Å². The third kappa shape index (κ3) is 1.91. The number of rotatable bonds is 4. The Bertz CT molecular complexity index is 423. The summed E-state index contributed by atoms with van der Waals surface area (Å²) >= 11 is 0. The number of hydrogen-bond donors (Lipinski definition) is 1. The van der Waals surface area contributed by atoms with Gasteiger partial charge in [-0.05, 0) is 24.8 Å². The summed E-state index contributed by atoms with van der Waals surface area (Å²) in [5.41, 5.74) is 5.26. The first-order chi connectivity index (χ1) is 7.63. The Balaban J connectivity index is 2.24. The molecule has 0 aromatic carbocycles. The van der Waals surface area contributed by atoms with Gasteiger partial charge in [-0.3, -0.25) is 9.48 Å². The number of ether oxygens (including phenoxy) is 1. The molecule has 1 fully saturated rings. The van der Waals surface area contributed by atoms with Crippen molar-refractivity contribution in [1.82, 2.24) is 9.78 Å². The zero-order valence-corrected chi connectivity index (χ0v) is 8.92. The van der Waals surface area contributed by atoms with Crippen LogP contribution in [0.25, 0.3) is 0 Å². The van der Waals surface area contributed by atoms with Gasteiger partial charge in [-0.25, -0.2) is 4.79 Å². The molecule has 1 aliphatic rings. The highest BCUT2D eigenvalue weighted by Gasteiger charge is 2.39. The summed E-state index contributed by atoms with van der Waals surface area (Å²) < 4.78 is 6.18. The van der Waals surface area contributed by atoms with Crippen LogP contribution in [0.3, 0.4) is 0 Å². The molecule has 0 radical (unpaired) electrons. The van der Waals surface area contributed by atoms with Crippen molar-refractivity contribution in [3.63, 3.8) is 0 Å². The first-order valence-corrected chi connectivity index (χ1v) is 5.06. The lowest BCUT2D eigenvalue weighted by Gasteiger charge is -2.13. The van der Waals surface area contributed by atoms with Crippen molar-refractivity contribution in [2.45, 2.75) is 18.9 Å². The summed E-state index contributed by atoms with van der Waals surface area (Å²) in [7, 11) is 1.34. The van der Waals surface area contributed by atoms with Crippen molar-refractivity contribution >= 4 is 11.9 Å². The van der Waals surface area contributed by atoms with Gasteiger partial charge in [-0.1, -0.05) is 0 Å². The Morgan fingerprint density at radius 1 is 1.62 bits per heavy atom. The van der Waals surface area contributed by atoms with E-state index in [1.807, 2.05) is 0 Å². The second kappa shape index (κ2) is 3.96. The molecular formula is C10H13N3O3. The minimum atomic E-state index is -0.599. The highest BCUT2D eigenvalue weighted by molar-refractivity contribution is 5.90. The fourth-order valence-corrected chi connectivity index (χ4v) is 1.67. The topological polar surface area (TPSA) is 87.2 Å². The molecule has 0 spiro atoms. The van der Waals surface area contributed by atoms with Crippen molar-refractivity contribution < 1.29 is 14.3 Å². The molecule has 1 aromatic rings. The normalized spacial score (nSPS) is 16.8. The van der Waals surface area contributed by atoms with Crippen LogP contribution >= 0.6 is 0 Å². The van der Waals surface area contributed by atoms with Crippen molar-refractivity contribution in [3.05, 3.63) is 18.0 Å². The van der Waals surface area contributed by atoms with Gasteiger partial charge in [0, 0.05) is 6.20 Å². The lowest BCUT2D eigenvalue weighted by molar-refractivity contribution is -0.145. The third-order valence-corrected chi connectivity index (χ3v) is 2.66. The summed E-state index contributed by atoms with van der Waals surface area (Å²) in [6.45, 7) is 0. The second-order valence-corrected chi connectivity index (χ2v) is 3.85. The zero-order valence-electron chi connectivity index (χ0n) is 8.92. The molecule has 0 aliphatic heterocycles. The van der Waals surface area contributed by atoms with E-state index in [1.165, 1.54) is 17.9 Å². The molecule has 6 heteroatoms. The lowest BCUT2D eigenvalue weighted by atomic mass is 10.2. The molecule has 16 heavy (non-hydrogen) atoms. The Kier molecular flexibility index (Phi) is 2.64. The minimum absolute atomic E-state index is 0.162. The Morgan fingerprint density at radius 2 is 2.31 bits per heavy atom. The van der Waals surface area contributed by atoms with Crippen molar-refractivity contribution in [3.8, 4) is 0 Å². The highest BCUT2D eigenvalue weighted by Crippen LogP contribution is 2.40. The van der Waals surface area contributed by atoms with E-state index >= 15 is 0 Å². The van der Waals surface area contributed by atoms with Gasteiger partial charge in [0.05, 0.1) is 7.11 Å². The number of carbonyl (C=O) groups is 2. The maximum atomic E-state index is 11.6. The average molecular weight is 223 g/mol. The van der Waals surface area contributed by atoms with Crippen LogP contribution < -0.4 is 5.73 Å². The molecule has 1 unspecified atom stereocenters. The van der Waals surface area contributed by atoms with Crippen LogP contribution in [0.5, 0.6) is 0 Å².